The standard InChI is InChI=1S/C11H12FN3O4/c12-7-2-1-3-8(10(7)15(17)18)14-4-5-19-9(6-14)11(13)16/h1-3,9H,4-6H2,(H2,13,16). The molecule has 1 saturated heterocycles. The fourth-order valence-corrected chi connectivity index (χ4v) is 1.98. The van der Waals surface area contributed by atoms with Crippen molar-refractivity contribution in [2.75, 3.05) is 24.6 Å². The lowest BCUT2D eigenvalue weighted by molar-refractivity contribution is -0.386. The van der Waals surface area contributed by atoms with Crippen LogP contribution in [0.25, 0.3) is 0 Å². The number of nitro benzene ring substituents is 1. The van der Waals surface area contributed by atoms with Crippen molar-refractivity contribution in [3.05, 3.63) is 34.1 Å². The number of morpholine rings is 1. The van der Waals surface area contributed by atoms with Gasteiger partial charge in [0.15, 0.2) is 6.10 Å². The molecule has 1 unspecified atom stereocenters. The van der Waals surface area contributed by atoms with Crippen molar-refractivity contribution < 1.29 is 18.8 Å². The van der Waals surface area contributed by atoms with Gasteiger partial charge in [0.1, 0.15) is 5.69 Å². The zero-order chi connectivity index (χ0) is 14.0. The van der Waals surface area contributed by atoms with Crippen molar-refractivity contribution >= 4 is 17.3 Å². The van der Waals surface area contributed by atoms with Gasteiger partial charge in [-0.1, -0.05) is 6.07 Å². The molecule has 7 nitrogen and oxygen atoms in total. The van der Waals surface area contributed by atoms with Crippen LogP contribution in [0.5, 0.6) is 0 Å². The minimum atomic E-state index is -0.912. The van der Waals surface area contributed by atoms with Crippen molar-refractivity contribution in [3.63, 3.8) is 0 Å². The number of rotatable bonds is 3. The second-order valence-corrected chi connectivity index (χ2v) is 4.07. The van der Waals surface area contributed by atoms with Crippen LogP contribution in [0.4, 0.5) is 15.8 Å². The molecule has 0 spiro atoms. The number of hydrogen-bond donors (Lipinski definition) is 1. The van der Waals surface area contributed by atoms with Gasteiger partial charge in [0.25, 0.3) is 0 Å². The Labute approximate surface area is 107 Å². The number of amides is 1. The first-order chi connectivity index (χ1) is 9.00. The maximum absolute atomic E-state index is 13.5. The fourth-order valence-electron chi connectivity index (χ4n) is 1.98. The van der Waals surface area contributed by atoms with Gasteiger partial charge in [0.05, 0.1) is 18.1 Å². The molecule has 1 atom stereocenters. The summed E-state index contributed by atoms with van der Waals surface area (Å²) in [5.41, 5.74) is 4.66. The summed E-state index contributed by atoms with van der Waals surface area (Å²) in [5, 5.41) is 10.9. The van der Waals surface area contributed by atoms with Crippen LogP contribution < -0.4 is 10.6 Å². The molecule has 0 bridgehead atoms. The smallest absolute Gasteiger partial charge is 0.327 e. The van der Waals surface area contributed by atoms with Crippen molar-refractivity contribution in [1.29, 1.82) is 0 Å². The van der Waals surface area contributed by atoms with Gasteiger partial charge in [-0.3, -0.25) is 14.9 Å². The van der Waals surface area contributed by atoms with Crippen molar-refractivity contribution in [3.8, 4) is 0 Å². The number of carbonyl (C=O) groups is 1. The molecule has 1 amide bonds. The number of nitrogens with zero attached hydrogens (tertiary/aromatic N) is 2. The van der Waals surface area contributed by atoms with Crippen LogP contribution in [0.2, 0.25) is 0 Å². The van der Waals surface area contributed by atoms with Gasteiger partial charge in [0.2, 0.25) is 11.7 Å². The predicted molar refractivity (Wildman–Crippen MR) is 64.2 cm³/mol. The van der Waals surface area contributed by atoms with Gasteiger partial charge in [-0.15, -0.1) is 0 Å². The first-order valence-corrected chi connectivity index (χ1v) is 5.59. The second-order valence-electron chi connectivity index (χ2n) is 4.07. The average molecular weight is 269 g/mol. The van der Waals surface area contributed by atoms with Gasteiger partial charge < -0.3 is 15.4 Å². The number of carbonyl (C=O) groups excluding carboxylic acids is 1. The summed E-state index contributed by atoms with van der Waals surface area (Å²) >= 11 is 0. The van der Waals surface area contributed by atoms with Crippen molar-refractivity contribution in [2.24, 2.45) is 5.73 Å². The third-order valence-corrected chi connectivity index (χ3v) is 2.87. The van der Waals surface area contributed by atoms with Crippen LogP contribution >= 0.6 is 0 Å². The summed E-state index contributed by atoms with van der Waals surface area (Å²) in [7, 11) is 0. The van der Waals surface area contributed by atoms with Gasteiger partial charge >= 0.3 is 5.69 Å². The summed E-state index contributed by atoms with van der Waals surface area (Å²) in [6.07, 6.45) is -0.850. The van der Waals surface area contributed by atoms with Crippen LogP contribution in [-0.4, -0.2) is 36.6 Å². The van der Waals surface area contributed by atoms with Crippen molar-refractivity contribution in [1.82, 2.24) is 0 Å². The van der Waals surface area contributed by atoms with E-state index in [1.54, 1.807) is 0 Å². The Morgan fingerprint density at radius 1 is 1.58 bits per heavy atom. The van der Waals surface area contributed by atoms with E-state index in [-0.39, 0.29) is 18.8 Å². The van der Waals surface area contributed by atoms with E-state index in [4.69, 9.17) is 10.5 Å². The first-order valence-electron chi connectivity index (χ1n) is 5.59. The molecular weight excluding hydrogens is 257 g/mol. The Hall–Kier alpha value is -2.22. The zero-order valence-corrected chi connectivity index (χ0v) is 9.91. The molecule has 0 saturated carbocycles. The molecule has 0 aromatic heterocycles. The summed E-state index contributed by atoms with van der Waals surface area (Å²) < 4.78 is 18.7. The minimum Gasteiger partial charge on any atom is -0.367 e. The summed E-state index contributed by atoms with van der Waals surface area (Å²) in [5.74, 6) is -1.56. The molecule has 0 aliphatic carbocycles. The van der Waals surface area contributed by atoms with E-state index in [0.717, 1.165) is 6.07 Å². The number of halogens is 1. The summed E-state index contributed by atoms with van der Waals surface area (Å²) in [4.78, 5) is 22.7. The van der Waals surface area contributed by atoms with E-state index < -0.39 is 28.4 Å². The highest BCUT2D eigenvalue weighted by atomic mass is 19.1. The lowest BCUT2D eigenvalue weighted by Crippen LogP contribution is -2.48. The fraction of sp³-hybridized carbons (Fsp3) is 0.364. The number of hydrogen-bond acceptors (Lipinski definition) is 5. The number of benzene rings is 1. The number of ether oxygens (including phenoxy) is 1. The monoisotopic (exact) mass is 269 g/mol. The SMILES string of the molecule is NC(=O)C1CN(c2cccc(F)c2[N+](=O)[O-])CCO1. The molecule has 1 aromatic carbocycles. The van der Waals surface area contributed by atoms with Gasteiger partial charge in [-0.25, -0.2) is 0 Å². The molecule has 102 valence electrons. The molecule has 1 heterocycles. The maximum Gasteiger partial charge on any atom is 0.327 e. The average Bonchev–Trinajstić information content (AvgIpc) is 2.38. The maximum atomic E-state index is 13.5. The minimum absolute atomic E-state index is 0.0691. The lowest BCUT2D eigenvalue weighted by Gasteiger charge is -2.32. The Bertz CT molecular complexity index is 523. The molecular formula is C11H12FN3O4. The molecule has 2 N–H and O–H groups in total. The number of nitrogens with two attached hydrogens (primary N) is 1. The highest BCUT2D eigenvalue weighted by molar-refractivity contribution is 5.80. The molecule has 1 aliphatic rings. The van der Waals surface area contributed by atoms with Gasteiger partial charge in [0, 0.05) is 6.54 Å². The molecule has 8 heteroatoms. The highest BCUT2D eigenvalue weighted by Gasteiger charge is 2.30. The van der Waals surface area contributed by atoms with E-state index in [1.807, 2.05) is 0 Å². The Kier molecular flexibility index (Phi) is 3.61. The summed E-state index contributed by atoms with van der Waals surface area (Å²) in [6, 6.07) is 3.84. The van der Waals surface area contributed by atoms with Crippen molar-refractivity contribution in [2.45, 2.75) is 6.10 Å². The quantitative estimate of drug-likeness (QED) is 0.633. The van der Waals surface area contributed by atoms with E-state index in [9.17, 15) is 19.3 Å². The molecule has 2 rings (SSSR count). The lowest BCUT2D eigenvalue weighted by atomic mass is 10.2. The van der Waals surface area contributed by atoms with Crippen LogP contribution in [0.1, 0.15) is 0 Å². The Morgan fingerprint density at radius 2 is 2.32 bits per heavy atom. The summed E-state index contributed by atoms with van der Waals surface area (Å²) in [6.45, 7) is 0.592. The number of para-hydroxylation sites is 1. The molecule has 1 fully saturated rings. The third-order valence-electron chi connectivity index (χ3n) is 2.87. The highest BCUT2D eigenvalue weighted by Crippen LogP contribution is 2.31. The molecule has 0 radical (unpaired) electrons. The normalized spacial score (nSPS) is 19.2. The van der Waals surface area contributed by atoms with Crippen LogP contribution in [0.15, 0.2) is 18.2 Å². The molecule has 19 heavy (non-hydrogen) atoms. The van der Waals surface area contributed by atoms with E-state index >= 15 is 0 Å². The molecule has 1 aliphatic heterocycles. The largest absolute Gasteiger partial charge is 0.367 e. The number of primary amides is 1. The predicted octanol–water partition coefficient (Wildman–Crippen LogP) is 0.424. The Morgan fingerprint density at radius 3 is 2.95 bits per heavy atom. The number of anilines is 1. The van der Waals surface area contributed by atoms with Crippen LogP contribution in [-0.2, 0) is 9.53 Å². The van der Waals surface area contributed by atoms with Crippen LogP contribution in [0, 0.1) is 15.9 Å². The van der Waals surface area contributed by atoms with Gasteiger partial charge in [-0.2, -0.15) is 4.39 Å². The Balaban J connectivity index is 2.34. The van der Waals surface area contributed by atoms with E-state index in [0.29, 0.717) is 6.54 Å². The second kappa shape index (κ2) is 5.19. The first kappa shape index (κ1) is 13.2. The topological polar surface area (TPSA) is 98.7 Å². The number of nitro groups is 1. The van der Waals surface area contributed by atoms with E-state index in [2.05, 4.69) is 0 Å². The van der Waals surface area contributed by atoms with Gasteiger partial charge in [-0.05, 0) is 12.1 Å². The molecule has 1 aromatic rings. The van der Waals surface area contributed by atoms with E-state index in [1.165, 1.54) is 17.0 Å². The van der Waals surface area contributed by atoms with Crippen LogP contribution in [0.3, 0.4) is 0 Å². The third kappa shape index (κ3) is 2.63. The zero-order valence-electron chi connectivity index (χ0n) is 9.91.